The van der Waals surface area contributed by atoms with Crippen molar-refractivity contribution in [3.63, 3.8) is 0 Å². The van der Waals surface area contributed by atoms with Crippen molar-refractivity contribution < 1.29 is 0 Å². The van der Waals surface area contributed by atoms with E-state index in [0.717, 1.165) is 16.3 Å². The van der Waals surface area contributed by atoms with Crippen LogP contribution in [0.1, 0.15) is 0 Å². The van der Waals surface area contributed by atoms with Crippen molar-refractivity contribution in [2.75, 3.05) is 0 Å². The van der Waals surface area contributed by atoms with Crippen molar-refractivity contribution in [1.29, 1.82) is 0 Å². The van der Waals surface area contributed by atoms with Crippen molar-refractivity contribution in [3.8, 4) is 0 Å². The van der Waals surface area contributed by atoms with Gasteiger partial charge in [-0.1, -0.05) is 11.6 Å². The lowest BCUT2D eigenvalue weighted by Crippen LogP contribution is -2.08. The standard InChI is InChI=1S/C14H7ClN2O/c15-9-3-4-10-12-8(9)5-6-16-13(12)14(18)11-2-1-7-17(10)11/h1-7H. The molecule has 0 saturated carbocycles. The zero-order valence-electron chi connectivity index (χ0n) is 9.22. The highest BCUT2D eigenvalue weighted by Gasteiger charge is 2.13. The molecule has 3 heterocycles. The Labute approximate surface area is 107 Å². The van der Waals surface area contributed by atoms with E-state index in [1.54, 1.807) is 12.3 Å². The summed E-state index contributed by atoms with van der Waals surface area (Å²) in [5.74, 6) is 0. The van der Waals surface area contributed by atoms with E-state index < -0.39 is 0 Å². The van der Waals surface area contributed by atoms with Gasteiger partial charge < -0.3 is 4.40 Å². The number of halogens is 1. The molecule has 0 bridgehead atoms. The van der Waals surface area contributed by atoms with Gasteiger partial charge in [0.15, 0.2) is 0 Å². The van der Waals surface area contributed by atoms with Crippen LogP contribution in [-0.2, 0) is 0 Å². The van der Waals surface area contributed by atoms with Gasteiger partial charge in [-0.15, -0.1) is 0 Å². The van der Waals surface area contributed by atoms with Gasteiger partial charge in [-0.3, -0.25) is 9.78 Å². The smallest absolute Gasteiger partial charge is 0.228 e. The van der Waals surface area contributed by atoms with E-state index in [1.807, 2.05) is 34.9 Å². The summed E-state index contributed by atoms with van der Waals surface area (Å²) in [4.78, 5) is 16.6. The molecule has 0 saturated heterocycles. The fourth-order valence-corrected chi connectivity index (χ4v) is 2.74. The molecule has 0 fully saturated rings. The molecule has 0 aliphatic heterocycles. The number of benzene rings is 1. The van der Waals surface area contributed by atoms with Gasteiger partial charge in [0.05, 0.1) is 11.0 Å². The summed E-state index contributed by atoms with van der Waals surface area (Å²) in [6.45, 7) is 0. The van der Waals surface area contributed by atoms with E-state index in [-0.39, 0.29) is 5.43 Å². The molecule has 86 valence electrons. The molecule has 0 aliphatic carbocycles. The maximum atomic E-state index is 12.3. The molecular formula is C14H7ClN2O. The van der Waals surface area contributed by atoms with Crippen LogP contribution in [0.4, 0.5) is 0 Å². The normalized spacial score (nSPS) is 11.8. The Kier molecular flexibility index (Phi) is 1.76. The number of aromatic nitrogens is 2. The zero-order valence-corrected chi connectivity index (χ0v) is 9.98. The highest BCUT2D eigenvalue weighted by molar-refractivity contribution is 6.37. The summed E-state index contributed by atoms with van der Waals surface area (Å²) in [6.07, 6.45) is 3.51. The molecule has 18 heavy (non-hydrogen) atoms. The minimum Gasteiger partial charge on any atom is -0.313 e. The Hall–Kier alpha value is -2.13. The van der Waals surface area contributed by atoms with Gasteiger partial charge in [0, 0.05) is 28.2 Å². The van der Waals surface area contributed by atoms with Crippen molar-refractivity contribution in [1.82, 2.24) is 9.38 Å². The third-order valence-corrected chi connectivity index (χ3v) is 3.64. The van der Waals surface area contributed by atoms with Gasteiger partial charge in [-0.25, -0.2) is 0 Å². The SMILES string of the molecule is O=c1c2nccc3c(Cl)ccc(c32)n2cccc12. The molecule has 0 amide bonds. The van der Waals surface area contributed by atoms with Crippen LogP contribution >= 0.6 is 11.6 Å². The molecule has 0 unspecified atom stereocenters. The van der Waals surface area contributed by atoms with Gasteiger partial charge in [0.2, 0.25) is 5.43 Å². The Morgan fingerprint density at radius 2 is 2.00 bits per heavy atom. The van der Waals surface area contributed by atoms with Gasteiger partial charge in [-0.2, -0.15) is 0 Å². The number of rotatable bonds is 0. The van der Waals surface area contributed by atoms with Gasteiger partial charge in [0.1, 0.15) is 5.52 Å². The number of fused-ring (bicyclic) bond motifs is 2. The summed E-state index contributed by atoms with van der Waals surface area (Å²) in [5.41, 5.74) is 2.03. The first kappa shape index (κ1) is 9.85. The fourth-order valence-electron chi connectivity index (χ4n) is 2.52. The Morgan fingerprint density at radius 3 is 2.89 bits per heavy atom. The monoisotopic (exact) mass is 254 g/mol. The fraction of sp³-hybridized carbons (Fsp3) is 0. The second-order valence-corrected chi connectivity index (χ2v) is 4.65. The molecule has 0 aliphatic rings. The van der Waals surface area contributed by atoms with Gasteiger partial charge >= 0.3 is 0 Å². The Bertz CT molecular complexity index is 958. The van der Waals surface area contributed by atoms with Crippen LogP contribution < -0.4 is 5.43 Å². The molecule has 4 heteroatoms. The highest BCUT2D eigenvalue weighted by atomic mass is 35.5. The molecule has 0 spiro atoms. The second-order valence-electron chi connectivity index (χ2n) is 4.24. The summed E-state index contributed by atoms with van der Waals surface area (Å²) >= 11 is 6.18. The quantitative estimate of drug-likeness (QED) is 0.483. The molecule has 0 radical (unpaired) electrons. The molecule has 0 atom stereocenters. The first-order valence-corrected chi connectivity index (χ1v) is 5.95. The highest BCUT2D eigenvalue weighted by Crippen LogP contribution is 2.29. The van der Waals surface area contributed by atoms with Crippen LogP contribution in [0.25, 0.3) is 27.3 Å². The van der Waals surface area contributed by atoms with Crippen molar-refractivity contribution >= 4 is 38.9 Å². The maximum Gasteiger partial charge on any atom is 0.228 e. The number of nitrogens with zero attached hydrogens (tertiary/aromatic N) is 2. The average molecular weight is 255 g/mol. The van der Waals surface area contributed by atoms with E-state index in [1.165, 1.54) is 0 Å². The van der Waals surface area contributed by atoms with E-state index >= 15 is 0 Å². The van der Waals surface area contributed by atoms with E-state index in [0.29, 0.717) is 16.1 Å². The molecular weight excluding hydrogens is 248 g/mol. The minimum absolute atomic E-state index is 0.0552. The lowest BCUT2D eigenvalue weighted by molar-refractivity contribution is 1.25. The molecule has 3 aromatic heterocycles. The predicted molar refractivity (Wildman–Crippen MR) is 72.7 cm³/mol. The zero-order chi connectivity index (χ0) is 12.3. The van der Waals surface area contributed by atoms with Crippen LogP contribution in [0.15, 0.2) is 47.5 Å². The summed E-state index contributed by atoms with van der Waals surface area (Å²) in [6, 6.07) is 9.28. The van der Waals surface area contributed by atoms with E-state index in [2.05, 4.69) is 4.98 Å². The molecule has 3 nitrogen and oxygen atoms in total. The lowest BCUT2D eigenvalue weighted by Gasteiger charge is -2.08. The van der Waals surface area contributed by atoms with Crippen LogP contribution in [0, 0.1) is 0 Å². The second kappa shape index (κ2) is 3.21. The number of hydrogen-bond donors (Lipinski definition) is 0. The van der Waals surface area contributed by atoms with E-state index in [4.69, 9.17) is 11.6 Å². The van der Waals surface area contributed by atoms with Gasteiger partial charge in [-0.05, 0) is 30.3 Å². The minimum atomic E-state index is -0.0552. The van der Waals surface area contributed by atoms with Crippen LogP contribution in [0.3, 0.4) is 0 Å². The molecule has 4 aromatic rings. The van der Waals surface area contributed by atoms with Crippen molar-refractivity contribution in [2.24, 2.45) is 0 Å². The number of pyridine rings is 2. The van der Waals surface area contributed by atoms with Crippen LogP contribution in [-0.4, -0.2) is 9.38 Å². The van der Waals surface area contributed by atoms with Crippen LogP contribution in [0.5, 0.6) is 0 Å². The Morgan fingerprint density at radius 1 is 1.11 bits per heavy atom. The summed E-state index contributed by atoms with van der Waals surface area (Å²) < 4.78 is 1.88. The molecule has 0 N–H and O–H groups in total. The predicted octanol–water partition coefficient (Wildman–Crippen LogP) is 3.09. The van der Waals surface area contributed by atoms with Crippen molar-refractivity contribution in [2.45, 2.75) is 0 Å². The first-order chi connectivity index (χ1) is 8.77. The largest absolute Gasteiger partial charge is 0.313 e. The molecule has 4 rings (SSSR count). The third kappa shape index (κ3) is 1.05. The topological polar surface area (TPSA) is 34.4 Å². The van der Waals surface area contributed by atoms with Crippen molar-refractivity contribution in [3.05, 3.63) is 58.0 Å². The summed E-state index contributed by atoms with van der Waals surface area (Å²) in [7, 11) is 0. The van der Waals surface area contributed by atoms with Gasteiger partial charge in [0.25, 0.3) is 0 Å². The average Bonchev–Trinajstić information content (AvgIpc) is 2.87. The number of hydrogen-bond acceptors (Lipinski definition) is 2. The third-order valence-electron chi connectivity index (χ3n) is 3.31. The summed E-state index contributed by atoms with van der Waals surface area (Å²) in [5, 5.41) is 2.34. The lowest BCUT2D eigenvalue weighted by atomic mass is 10.1. The Balaban J connectivity index is 2.53. The van der Waals surface area contributed by atoms with Crippen LogP contribution in [0.2, 0.25) is 5.02 Å². The molecule has 1 aromatic carbocycles. The first-order valence-electron chi connectivity index (χ1n) is 5.57. The van der Waals surface area contributed by atoms with E-state index in [9.17, 15) is 4.79 Å². The maximum absolute atomic E-state index is 12.3.